The summed E-state index contributed by atoms with van der Waals surface area (Å²) in [6, 6.07) is 4.56. The lowest BCUT2D eigenvalue weighted by atomic mass is 9.77. The Morgan fingerprint density at radius 3 is 2.50 bits per heavy atom. The number of hydrogen-bond donors (Lipinski definition) is 0. The molecule has 0 aliphatic carbocycles. The molecule has 2 saturated heterocycles. The lowest BCUT2D eigenvalue weighted by Crippen LogP contribution is -2.57. The molecule has 0 spiro atoms. The van der Waals surface area contributed by atoms with E-state index in [-0.39, 0.29) is 36.2 Å². The lowest BCUT2D eigenvalue weighted by molar-refractivity contribution is 0.0218. The minimum atomic E-state index is -3.22. The fraction of sp³-hybridized carbons (Fsp3) is 0.727. The molecule has 0 radical (unpaired) electrons. The van der Waals surface area contributed by atoms with Gasteiger partial charge < -0.3 is 9.47 Å². The van der Waals surface area contributed by atoms with Crippen LogP contribution in [0.1, 0.15) is 50.3 Å². The fourth-order valence-corrected chi connectivity index (χ4v) is 7.70. The topological polar surface area (TPSA) is 59.1 Å². The van der Waals surface area contributed by atoms with Gasteiger partial charge in [0.25, 0.3) is 0 Å². The number of hydrogen-bond acceptors (Lipinski definition) is 5. The molecule has 0 unspecified atom stereocenters. The van der Waals surface area contributed by atoms with E-state index in [0.29, 0.717) is 12.5 Å². The summed E-state index contributed by atoms with van der Waals surface area (Å²) in [6.45, 7) is 6.64. The Balaban J connectivity index is 0.00000256. The first-order valence-electron chi connectivity index (χ1n) is 10.8. The average molecular weight is 459 g/mol. The molecule has 8 heteroatoms. The van der Waals surface area contributed by atoms with Gasteiger partial charge in [0.15, 0.2) is 11.5 Å². The SMILES string of the molecule is COc1cc2c(cc1OC)[C@H]1C[C@H]3[C@H](CCCN3S(=O)(=O)CC(C)C)CN1CC2.Cl. The Bertz CT molecular complexity index is 861. The highest BCUT2D eigenvalue weighted by Gasteiger charge is 2.46. The second kappa shape index (κ2) is 9.23. The van der Waals surface area contributed by atoms with Crippen LogP contribution in [0.25, 0.3) is 0 Å². The van der Waals surface area contributed by atoms with Gasteiger partial charge in [0.2, 0.25) is 10.0 Å². The van der Waals surface area contributed by atoms with E-state index in [1.54, 1.807) is 14.2 Å². The third-order valence-electron chi connectivity index (χ3n) is 6.82. The van der Waals surface area contributed by atoms with E-state index in [0.717, 1.165) is 50.3 Å². The van der Waals surface area contributed by atoms with Crippen molar-refractivity contribution in [1.82, 2.24) is 9.21 Å². The molecule has 170 valence electrons. The van der Waals surface area contributed by atoms with E-state index in [1.807, 2.05) is 18.2 Å². The Morgan fingerprint density at radius 2 is 1.83 bits per heavy atom. The van der Waals surface area contributed by atoms with Gasteiger partial charge in [0.05, 0.1) is 20.0 Å². The number of methoxy groups -OCH3 is 2. The van der Waals surface area contributed by atoms with Crippen LogP contribution in [0.5, 0.6) is 11.5 Å². The smallest absolute Gasteiger partial charge is 0.214 e. The highest BCUT2D eigenvalue weighted by Crippen LogP contribution is 2.46. The van der Waals surface area contributed by atoms with Crippen LogP contribution in [0.2, 0.25) is 0 Å². The molecule has 0 bridgehead atoms. The van der Waals surface area contributed by atoms with Crippen LogP contribution in [0, 0.1) is 11.8 Å². The first-order valence-corrected chi connectivity index (χ1v) is 12.4. The zero-order valence-corrected chi connectivity index (χ0v) is 20.1. The van der Waals surface area contributed by atoms with Gasteiger partial charge in [-0.2, -0.15) is 4.31 Å². The van der Waals surface area contributed by atoms with Gasteiger partial charge in [-0.1, -0.05) is 13.8 Å². The molecular weight excluding hydrogens is 424 g/mol. The summed E-state index contributed by atoms with van der Waals surface area (Å²) >= 11 is 0. The fourth-order valence-electron chi connectivity index (χ4n) is 5.59. The van der Waals surface area contributed by atoms with E-state index in [4.69, 9.17) is 9.47 Å². The van der Waals surface area contributed by atoms with Crippen molar-refractivity contribution in [3.63, 3.8) is 0 Å². The first-order chi connectivity index (χ1) is 13.8. The van der Waals surface area contributed by atoms with Crippen molar-refractivity contribution in [2.24, 2.45) is 11.8 Å². The first kappa shape index (κ1) is 23.6. The van der Waals surface area contributed by atoms with Gasteiger partial charge in [-0.15, -0.1) is 12.4 Å². The van der Waals surface area contributed by atoms with Gasteiger partial charge in [0.1, 0.15) is 0 Å². The summed E-state index contributed by atoms with van der Waals surface area (Å²) in [7, 11) is 0.119. The van der Waals surface area contributed by atoms with Gasteiger partial charge in [-0.3, -0.25) is 4.90 Å². The summed E-state index contributed by atoms with van der Waals surface area (Å²) in [5.74, 6) is 2.35. The van der Waals surface area contributed by atoms with Crippen molar-refractivity contribution in [3.05, 3.63) is 23.3 Å². The summed E-state index contributed by atoms with van der Waals surface area (Å²) in [6.07, 6.45) is 3.96. The van der Waals surface area contributed by atoms with Gasteiger partial charge in [-0.05, 0) is 60.8 Å². The molecule has 6 nitrogen and oxygen atoms in total. The number of halogens is 1. The molecule has 3 aliphatic heterocycles. The molecule has 1 aromatic rings. The van der Waals surface area contributed by atoms with Crippen molar-refractivity contribution < 1.29 is 17.9 Å². The summed E-state index contributed by atoms with van der Waals surface area (Å²) < 4.78 is 39.1. The third-order valence-corrected chi connectivity index (χ3v) is 9.07. The lowest BCUT2D eigenvalue weighted by Gasteiger charge is -2.52. The minimum Gasteiger partial charge on any atom is -0.493 e. The average Bonchev–Trinajstić information content (AvgIpc) is 2.69. The van der Waals surface area contributed by atoms with Gasteiger partial charge in [-0.25, -0.2) is 8.42 Å². The molecule has 3 atom stereocenters. The van der Waals surface area contributed by atoms with E-state index in [1.165, 1.54) is 11.1 Å². The maximum Gasteiger partial charge on any atom is 0.214 e. The summed E-state index contributed by atoms with van der Waals surface area (Å²) in [5.41, 5.74) is 2.58. The predicted octanol–water partition coefficient (Wildman–Crippen LogP) is 3.49. The van der Waals surface area contributed by atoms with Crippen molar-refractivity contribution in [2.45, 2.75) is 51.6 Å². The molecule has 0 aromatic heterocycles. The highest BCUT2D eigenvalue weighted by molar-refractivity contribution is 7.89. The quantitative estimate of drug-likeness (QED) is 0.675. The molecule has 30 heavy (non-hydrogen) atoms. The number of benzene rings is 1. The summed E-state index contributed by atoms with van der Waals surface area (Å²) in [5, 5.41) is 0. The predicted molar refractivity (Wildman–Crippen MR) is 121 cm³/mol. The van der Waals surface area contributed by atoms with Crippen LogP contribution in [-0.4, -0.2) is 63.3 Å². The maximum absolute atomic E-state index is 13.1. The molecule has 0 N–H and O–H groups in total. The van der Waals surface area contributed by atoms with E-state index in [2.05, 4.69) is 17.0 Å². The van der Waals surface area contributed by atoms with Crippen molar-refractivity contribution >= 4 is 22.4 Å². The van der Waals surface area contributed by atoms with Crippen LogP contribution in [-0.2, 0) is 16.4 Å². The maximum atomic E-state index is 13.1. The highest BCUT2D eigenvalue weighted by atomic mass is 35.5. The zero-order chi connectivity index (χ0) is 20.8. The molecule has 4 rings (SSSR count). The Labute approximate surface area is 187 Å². The largest absolute Gasteiger partial charge is 0.493 e. The Kier molecular flexibility index (Phi) is 7.27. The Morgan fingerprint density at radius 1 is 1.13 bits per heavy atom. The van der Waals surface area contributed by atoms with E-state index in [9.17, 15) is 8.42 Å². The zero-order valence-electron chi connectivity index (χ0n) is 18.5. The van der Waals surface area contributed by atoms with Gasteiger partial charge in [0, 0.05) is 31.7 Å². The summed E-state index contributed by atoms with van der Waals surface area (Å²) in [4.78, 5) is 2.56. The molecule has 1 aromatic carbocycles. The molecule has 0 amide bonds. The second-order valence-corrected chi connectivity index (χ2v) is 11.1. The molecule has 0 saturated carbocycles. The van der Waals surface area contributed by atoms with E-state index < -0.39 is 10.0 Å². The van der Waals surface area contributed by atoms with Crippen LogP contribution < -0.4 is 9.47 Å². The van der Waals surface area contributed by atoms with Crippen molar-refractivity contribution in [3.8, 4) is 11.5 Å². The molecule has 3 heterocycles. The number of piperidine rings is 2. The number of fused-ring (bicyclic) bond motifs is 4. The van der Waals surface area contributed by atoms with E-state index >= 15 is 0 Å². The van der Waals surface area contributed by atoms with Crippen LogP contribution in [0.4, 0.5) is 0 Å². The normalized spacial score (nSPS) is 26.9. The van der Waals surface area contributed by atoms with Crippen molar-refractivity contribution in [2.75, 3.05) is 39.6 Å². The standard InChI is InChI=1S/C22H34N2O4S.ClH/c1-15(2)14-29(25,26)24-8-5-6-17-13-23-9-7-16-10-21(27-3)22(28-4)11-18(16)20(23)12-19(17)24;/h10-11,15,17,19-20H,5-9,12-14H2,1-4H3;1H/t17-,19+,20-;/m1./s1. The molecular formula is C22H35ClN2O4S. The number of sulfonamides is 1. The van der Waals surface area contributed by atoms with Crippen LogP contribution in [0.3, 0.4) is 0 Å². The Hall–Kier alpha value is -1.02. The number of nitrogens with zero attached hydrogens (tertiary/aromatic N) is 2. The third kappa shape index (κ3) is 4.31. The minimum absolute atomic E-state index is 0. The number of rotatable bonds is 5. The monoisotopic (exact) mass is 458 g/mol. The van der Waals surface area contributed by atoms with Crippen LogP contribution >= 0.6 is 12.4 Å². The molecule has 2 fully saturated rings. The second-order valence-electron chi connectivity index (χ2n) is 9.16. The number of ether oxygens (including phenoxy) is 2. The van der Waals surface area contributed by atoms with Gasteiger partial charge >= 0.3 is 0 Å². The molecule has 3 aliphatic rings. The van der Waals surface area contributed by atoms with Crippen LogP contribution in [0.15, 0.2) is 12.1 Å². The van der Waals surface area contributed by atoms with Crippen molar-refractivity contribution in [1.29, 1.82) is 0 Å².